The van der Waals surface area contributed by atoms with Gasteiger partial charge in [-0.1, -0.05) is 115 Å². The fourth-order valence-corrected chi connectivity index (χ4v) is 7.30. The van der Waals surface area contributed by atoms with Crippen LogP contribution in [0.2, 0.25) is 0 Å². The standard InChI is InChI=1S/C43H32N2/c1-3-12-30(13-4-1)32-22-25-38-36-18-7-9-20-40(36)44(42(38)26-23-32)34-16-11-17-35(29-34)45-41-21-10-8-19-37(41)39-28-33(24-27-43(39)45)31-14-5-2-6-15-31/h2-3,5-29,32H,1,4H2. The van der Waals surface area contributed by atoms with Gasteiger partial charge in [-0.15, -0.1) is 0 Å². The van der Waals surface area contributed by atoms with Crippen LogP contribution >= 0.6 is 0 Å². The van der Waals surface area contributed by atoms with Gasteiger partial charge in [0.1, 0.15) is 0 Å². The van der Waals surface area contributed by atoms with Crippen LogP contribution in [0.15, 0.2) is 157 Å². The highest BCUT2D eigenvalue weighted by molar-refractivity contribution is 6.10. The van der Waals surface area contributed by atoms with E-state index in [1.54, 1.807) is 0 Å². The molecule has 7 aromatic rings. The fourth-order valence-electron chi connectivity index (χ4n) is 7.30. The molecule has 0 N–H and O–H groups in total. The Kier molecular flexibility index (Phi) is 6.05. The van der Waals surface area contributed by atoms with E-state index >= 15 is 0 Å². The third kappa shape index (κ3) is 4.25. The summed E-state index contributed by atoms with van der Waals surface area (Å²) in [4.78, 5) is 0. The highest BCUT2D eigenvalue weighted by Gasteiger charge is 2.20. The molecule has 9 rings (SSSR count). The number of aromatic nitrogens is 2. The lowest BCUT2D eigenvalue weighted by atomic mass is 9.93. The molecule has 2 aliphatic rings. The van der Waals surface area contributed by atoms with Crippen molar-refractivity contribution in [2.75, 3.05) is 0 Å². The van der Waals surface area contributed by atoms with Crippen molar-refractivity contribution in [3.8, 4) is 22.5 Å². The van der Waals surface area contributed by atoms with Crippen LogP contribution in [0.4, 0.5) is 0 Å². The quantitative estimate of drug-likeness (QED) is 0.197. The number of allylic oxidation sites excluding steroid dienone is 6. The second-order valence-electron chi connectivity index (χ2n) is 12.0. The van der Waals surface area contributed by atoms with Crippen LogP contribution < -0.4 is 0 Å². The summed E-state index contributed by atoms with van der Waals surface area (Å²) in [7, 11) is 0. The van der Waals surface area contributed by atoms with Gasteiger partial charge in [0.15, 0.2) is 0 Å². The first-order valence-corrected chi connectivity index (χ1v) is 15.9. The number of hydrogen-bond acceptors (Lipinski definition) is 0. The molecule has 0 saturated carbocycles. The van der Waals surface area contributed by atoms with Crippen molar-refractivity contribution in [2.45, 2.75) is 12.8 Å². The molecule has 0 amide bonds. The monoisotopic (exact) mass is 576 g/mol. The van der Waals surface area contributed by atoms with Crippen molar-refractivity contribution in [1.29, 1.82) is 0 Å². The molecule has 1 atom stereocenters. The Bertz CT molecular complexity index is 2370. The Morgan fingerprint density at radius 2 is 1.20 bits per heavy atom. The first-order valence-electron chi connectivity index (χ1n) is 15.9. The second kappa shape index (κ2) is 10.5. The summed E-state index contributed by atoms with van der Waals surface area (Å²) in [6.07, 6.45) is 18.6. The van der Waals surface area contributed by atoms with Crippen molar-refractivity contribution >= 4 is 44.9 Å². The van der Waals surface area contributed by atoms with Crippen LogP contribution in [0.1, 0.15) is 24.1 Å². The predicted octanol–water partition coefficient (Wildman–Crippen LogP) is 11.3. The Hall–Kier alpha value is -5.60. The summed E-state index contributed by atoms with van der Waals surface area (Å²) in [6, 6.07) is 44.1. The third-order valence-electron chi connectivity index (χ3n) is 9.42. The Labute approximate surface area is 263 Å². The van der Waals surface area contributed by atoms with Crippen LogP contribution in [0, 0.1) is 5.92 Å². The maximum atomic E-state index is 2.43. The predicted molar refractivity (Wildman–Crippen MR) is 191 cm³/mol. The molecule has 214 valence electrons. The zero-order chi connectivity index (χ0) is 29.7. The molecule has 0 fully saturated rings. The SMILES string of the molecule is C1=CC(C2C=Cc3c(n(-c4cccc(-n5c6ccccc6c6cc(-c7ccccc7)ccc65)c4)c4ccccc34)C=C2)=CCC1. The molecule has 5 aromatic carbocycles. The van der Waals surface area contributed by atoms with E-state index in [1.165, 1.54) is 60.7 Å². The van der Waals surface area contributed by atoms with E-state index in [1.807, 2.05) is 0 Å². The molecule has 2 nitrogen and oxygen atoms in total. The minimum atomic E-state index is 0.283. The minimum Gasteiger partial charge on any atom is -0.309 e. The number of para-hydroxylation sites is 2. The van der Waals surface area contributed by atoms with Crippen LogP contribution in [0.25, 0.3) is 67.4 Å². The van der Waals surface area contributed by atoms with Gasteiger partial charge in [0.25, 0.3) is 0 Å². The Morgan fingerprint density at radius 3 is 2.02 bits per heavy atom. The van der Waals surface area contributed by atoms with E-state index in [0.29, 0.717) is 0 Å². The number of hydrogen-bond donors (Lipinski definition) is 0. The molecule has 2 aromatic heterocycles. The van der Waals surface area contributed by atoms with Crippen molar-refractivity contribution in [2.24, 2.45) is 5.92 Å². The normalized spacial score (nSPS) is 15.9. The summed E-state index contributed by atoms with van der Waals surface area (Å²) in [5.41, 5.74) is 12.3. The maximum Gasteiger partial charge on any atom is 0.0541 e. The van der Waals surface area contributed by atoms with Crippen molar-refractivity contribution < 1.29 is 0 Å². The molecule has 2 aliphatic carbocycles. The number of benzene rings is 5. The first-order chi connectivity index (χ1) is 22.3. The lowest BCUT2D eigenvalue weighted by molar-refractivity contribution is 0.936. The lowest BCUT2D eigenvalue weighted by Gasteiger charge is -2.14. The van der Waals surface area contributed by atoms with E-state index in [9.17, 15) is 0 Å². The van der Waals surface area contributed by atoms with Gasteiger partial charge in [-0.3, -0.25) is 0 Å². The average molecular weight is 577 g/mol. The molecule has 2 heteroatoms. The number of fused-ring (bicyclic) bond motifs is 6. The molecule has 2 heterocycles. The van der Waals surface area contributed by atoms with Gasteiger partial charge in [-0.25, -0.2) is 0 Å². The highest BCUT2D eigenvalue weighted by Crippen LogP contribution is 2.38. The Morgan fingerprint density at radius 1 is 0.489 bits per heavy atom. The number of rotatable bonds is 4. The summed E-state index contributed by atoms with van der Waals surface area (Å²) in [5.74, 6) is 0.283. The van der Waals surface area contributed by atoms with Crippen molar-refractivity contribution in [3.05, 3.63) is 169 Å². The maximum absolute atomic E-state index is 2.43. The van der Waals surface area contributed by atoms with E-state index in [0.717, 1.165) is 24.2 Å². The molecule has 0 radical (unpaired) electrons. The molecule has 45 heavy (non-hydrogen) atoms. The van der Waals surface area contributed by atoms with Gasteiger partial charge in [0.2, 0.25) is 0 Å². The van der Waals surface area contributed by atoms with Crippen LogP contribution in [0.3, 0.4) is 0 Å². The van der Waals surface area contributed by atoms with Crippen LogP contribution in [0.5, 0.6) is 0 Å². The van der Waals surface area contributed by atoms with Crippen LogP contribution in [-0.4, -0.2) is 9.13 Å². The molecule has 0 spiro atoms. The van der Waals surface area contributed by atoms with Gasteiger partial charge in [-0.05, 0) is 78.1 Å². The van der Waals surface area contributed by atoms with E-state index in [-0.39, 0.29) is 5.92 Å². The molecule has 0 saturated heterocycles. The summed E-state index contributed by atoms with van der Waals surface area (Å²) < 4.78 is 4.85. The Balaban J connectivity index is 1.22. The minimum absolute atomic E-state index is 0.283. The molecule has 0 aliphatic heterocycles. The summed E-state index contributed by atoms with van der Waals surface area (Å²) >= 11 is 0. The first kappa shape index (κ1) is 25.9. The molecular formula is C43H32N2. The van der Waals surface area contributed by atoms with Gasteiger partial charge in [0, 0.05) is 39.0 Å². The van der Waals surface area contributed by atoms with Crippen molar-refractivity contribution in [1.82, 2.24) is 9.13 Å². The van der Waals surface area contributed by atoms with Gasteiger partial charge in [-0.2, -0.15) is 0 Å². The second-order valence-corrected chi connectivity index (χ2v) is 12.0. The smallest absolute Gasteiger partial charge is 0.0541 e. The average Bonchev–Trinajstić information content (AvgIpc) is 3.51. The fraction of sp³-hybridized carbons (Fsp3) is 0.0698. The van der Waals surface area contributed by atoms with E-state index in [2.05, 4.69) is 173 Å². The summed E-state index contributed by atoms with van der Waals surface area (Å²) in [6.45, 7) is 0. The molecule has 1 unspecified atom stereocenters. The zero-order valence-corrected chi connectivity index (χ0v) is 25.0. The third-order valence-corrected chi connectivity index (χ3v) is 9.42. The highest BCUT2D eigenvalue weighted by atomic mass is 15.0. The topological polar surface area (TPSA) is 9.86 Å². The van der Waals surface area contributed by atoms with Crippen molar-refractivity contribution in [3.63, 3.8) is 0 Å². The van der Waals surface area contributed by atoms with Gasteiger partial charge >= 0.3 is 0 Å². The van der Waals surface area contributed by atoms with E-state index < -0.39 is 0 Å². The zero-order valence-electron chi connectivity index (χ0n) is 25.0. The van der Waals surface area contributed by atoms with Crippen LogP contribution in [-0.2, 0) is 0 Å². The molecular weight excluding hydrogens is 544 g/mol. The van der Waals surface area contributed by atoms with E-state index in [4.69, 9.17) is 0 Å². The number of nitrogens with zero attached hydrogens (tertiary/aromatic N) is 2. The largest absolute Gasteiger partial charge is 0.309 e. The lowest BCUT2D eigenvalue weighted by Crippen LogP contribution is -2.00. The van der Waals surface area contributed by atoms with Gasteiger partial charge < -0.3 is 9.13 Å². The summed E-state index contributed by atoms with van der Waals surface area (Å²) in [5, 5.41) is 3.81. The molecule has 0 bridgehead atoms. The van der Waals surface area contributed by atoms with Gasteiger partial charge in [0.05, 0.1) is 22.2 Å².